The number of aromatic nitrogens is 3. The molecule has 0 unspecified atom stereocenters. The van der Waals surface area contributed by atoms with E-state index in [1.54, 1.807) is 13.3 Å². The van der Waals surface area contributed by atoms with Crippen molar-refractivity contribution < 1.29 is 4.79 Å². The number of hydrogen-bond acceptors (Lipinski definition) is 6. The van der Waals surface area contributed by atoms with Gasteiger partial charge in [0, 0.05) is 62.2 Å². The molecule has 1 saturated heterocycles. The van der Waals surface area contributed by atoms with Crippen LogP contribution in [0.25, 0.3) is 10.8 Å². The van der Waals surface area contributed by atoms with Crippen LogP contribution in [0.15, 0.2) is 43.0 Å². The lowest BCUT2D eigenvalue weighted by Crippen LogP contribution is -2.49. The molecule has 7 nitrogen and oxygen atoms in total. The van der Waals surface area contributed by atoms with E-state index in [1.807, 2.05) is 23.4 Å². The number of piperazine rings is 1. The van der Waals surface area contributed by atoms with Gasteiger partial charge in [0.2, 0.25) is 5.91 Å². The van der Waals surface area contributed by atoms with Crippen LogP contribution >= 0.6 is 0 Å². The molecular formula is C22H24N6O. The Bertz CT molecular complexity index is 1050. The molecule has 5 rings (SSSR count). The van der Waals surface area contributed by atoms with E-state index in [9.17, 15) is 4.79 Å². The Hall–Kier alpha value is -3.22. The van der Waals surface area contributed by atoms with Gasteiger partial charge in [-0.15, -0.1) is 0 Å². The highest BCUT2D eigenvalue weighted by Gasteiger charge is 2.27. The first-order chi connectivity index (χ1) is 14.2. The SMILES string of the molecule is CC(=O)N1CCN(c2ncnc3c2CCN(c2cncc4ccccc24)C3)CC1. The van der Waals surface area contributed by atoms with Crippen molar-refractivity contribution >= 4 is 28.2 Å². The van der Waals surface area contributed by atoms with Gasteiger partial charge in [-0.05, 0) is 6.42 Å². The highest BCUT2D eigenvalue weighted by molar-refractivity contribution is 5.93. The highest BCUT2D eigenvalue weighted by Crippen LogP contribution is 2.32. The molecule has 0 spiro atoms. The second-order valence-corrected chi connectivity index (χ2v) is 7.67. The zero-order chi connectivity index (χ0) is 19.8. The fraction of sp³-hybridized carbons (Fsp3) is 0.364. The Morgan fingerprint density at radius 3 is 2.62 bits per heavy atom. The Morgan fingerprint density at radius 2 is 1.79 bits per heavy atom. The number of pyridine rings is 1. The standard InChI is InChI=1S/C22H24N6O/c1-16(29)26-8-10-27(11-9-26)22-19-6-7-28(14-20(19)24-15-25-22)21-13-23-12-17-4-2-3-5-18(17)21/h2-5,12-13,15H,6-11,14H2,1H3. The van der Waals surface area contributed by atoms with Gasteiger partial charge in [-0.1, -0.05) is 24.3 Å². The van der Waals surface area contributed by atoms with E-state index < -0.39 is 0 Å². The summed E-state index contributed by atoms with van der Waals surface area (Å²) in [5, 5.41) is 2.38. The number of rotatable bonds is 2. The number of amides is 1. The maximum atomic E-state index is 11.6. The molecule has 3 aromatic rings. The topological polar surface area (TPSA) is 65.5 Å². The van der Waals surface area contributed by atoms with Gasteiger partial charge in [0.15, 0.2) is 0 Å². The third kappa shape index (κ3) is 3.26. The first-order valence-electron chi connectivity index (χ1n) is 10.1. The van der Waals surface area contributed by atoms with Crippen molar-refractivity contribution in [3.63, 3.8) is 0 Å². The second kappa shape index (κ2) is 7.31. The molecule has 1 aromatic carbocycles. The van der Waals surface area contributed by atoms with Crippen LogP contribution in [0.2, 0.25) is 0 Å². The van der Waals surface area contributed by atoms with Gasteiger partial charge in [0.25, 0.3) is 0 Å². The smallest absolute Gasteiger partial charge is 0.219 e. The lowest BCUT2D eigenvalue weighted by atomic mass is 10.0. The summed E-state index contributed by atoms with van der Waals surface area (Å²) in [6.07, 6.45) is 6.45. The Kier molecular flexibility index (Phi) is 4.50. The molecule has 148 valence electrons. The Labute approximate surface area is 170 Å². The van der Waals surface area contributed by atoms with E-state index in [1.165, 1.54) is 10.9 Å². The average Bonchev–Trinajstić information content (AvgIpc) is 2.78. The van der Waals surface area contributed by atoms with Gasteiger partial charge >= 0.3 is 0 Å². The van der Waals surface area contributed by atoms with Gasteiger partial charge in [-0.3, -0.25) is 9.78 Å². The van der Waals surface area contributed by atoms with Crippen molar-refractivity contribution in [3.05, 3.63) is 54.2 Å². The van der Waals surface area contributed by atoms with Crippen LogP contribution in [0.4, 0.5) is 11.5 Å². The van der Waals surface area contributed by atoms with Gasteiger partial charge < -0.3 is 14.7 Å². The van der Waals surface area contributed by atoms with E-state index in [-0.39, 0.29) is 5.91 Å². The zero-order valence-electron chi connectivity index (χ0n) is 16.6. The molecule has 0 N–H and O–H groups in total. The predicted molar refractivity (Wildman–Crippen MR) is 113 cm³/mol. The van der Waals surface area contributed by atoms with E-state index >= 15 is 0 Å². The maximum absolute atomic E-state index is 11.6. The molecule has 2 aliphatic rings. The Balaban J connectivity index is 1.41. The molecule has 1 fully saturated rings. The minimum Gasteiger partial charge on any atom is -0.364 e. The summed E-state index contributed by atoms with van der Waals surface area (Å²) in [6, 6.07) is 8.38. The number of anilines is 2. The van der Waals surface area contributed by atoms with Crippen molar-refractivity contribution in [2.75, 3.05) is 42.5 Å². The summed E-state index contributed by atoms with van der Waals surface area (Å²) >= 11 is 0. The third-order valence-corrected chi connectivity index (χ3v) is 6.00. The fourth-order valence-corrected chi connectivity index (χ4v) is 4.40. The largest absolute Gasteiger partial charge is 0.364 e. The van der Waals surface area contributed by atoms with Gasteiger partial charge in [-0.2, -0.15) is 0 Å². The van der Waals surface area contributed by atoms with E-state index in [2.05, 4.69) is 43.0 Å². The normalized spacial score (nSPS) is 16.8. The number of fused-ring (bicyclic) bond motifs is 2. The van der Waals surface area contributed by atoms with Gasteiger partial charge in [0.05, 0.1) is 24.1 Å². The quantitative estimate of drug-likeness (QED) is 0.671. The van der Waals surface area contributed by atoms with Crippen LogP contribution in [-0.4, -0.2) is 58.5 Å². The fourth-order valence-electron chi connectivity index (χ4n) is 4.40. The molecule has 2 aliphatic heterocycles. The molecule has 1 amide bonds. The molecule has 29 heavy (non-hydrogen) atoms. The molecule has 0 saturated carbocycles. The molecule has 0 atom stereocenters. The molecule has 0 bridgehead atoms. The molecular weight excluding hydrogens is 364 g/mol. The van der Waals surface area contributed by atoms with Crippen molar-refractivity contribution in [1.82, 2.24) is 19.9 Å². The van der Waals surface area contributed by atoms with Gasteiger partial charge in [-0.25, -0.2) is 9.97 Å². The molecule has 7 heteroatoms. The van der Waals surface area contributed by atoms with Crippen LogP contribution in [0, 0.1) is 0 Å². The summed E-state index contributed by atoms with van der Waals surface area (Å²) in [6.45, 7) is 6.45. The minimum atomic E-state index is 0.147. The monoisotopic (exact) mass is 388 g/mol. The lowest BCUT2D eigenvalue weighted by molar-refractivity contribution is -0.129. The van der Waals surface area contributed by atoms with Gasteiger partial charge in [0.1, 0.15) is 12.1 Å². The van der Waals surface area contributed by atoms with E-state index in [4.69, 9.17) is 0 Å². The van der Waals surface area contributed by atoms with Crippen LogP contribution in [-0.2, 0) is 17.8 Å². The summed E-state index contributed by atoms with van der Waals surface area (Å²) in [4.78, 5) is 31.8. The van der Waals surface area contributed by atoms with Crippen LogP contribution < -0.4 is 9.80 Å². The predicted octanol–water partition coefficient (Wildman–Crippen LogP) is 2.26. The summed E-state index contributed by atoms with van der Waals surface area (Å²) < 4.78 is 0. The summed E-state index contributed by atoms with van der Waals surface area (Å²) in [7, 11) is 0. The van der Waals surface area contributed by atoms with Crippen LogP contribution in [0.5, 0.6) is 0 Å². The van der Waals surface area contributed by atoms with Crippen molar-refractivity contribution in [2.45, 2.75) is 19.9 Å². The molecule has 4 heterocycles. The summed E-state index contributed by atoms with van der Waals surface area (Å²) in [5.74, 6) is 1.18. The number of carbonyl (C=O) groups is 1. The van der Waals surface area contributed by atoms with Crippen molar-refractivity contribution in [3.8, 4) is 0 Å². The summed E-state index contributed by atoms with van der Waals surface area (Å²) in [5.41, 5.74) is 3.49. The lowest BCUT2D eigenvalue weighted by Gasteiger charge is -2.37. The van der Waals surface area contributed by atoms with Crippen molar-refractivity contribution in [1.29, 1.82) is 0 Å². The number of carbonyl (C=O) groups excluding carboxylic acids is 1. The van der Waals surface area contributed by atoms with Crippen LogP contribution in [0.3, 0.4) is 0 Å². The van der Waals surface area contributed by atoms with Crippen molar-refractivity contribution in [2.24, 2.45) is 0 Å². The van der Waals surface area contributed by atoms with E-state index in [0.717, 1.165) is 68.3 Å². The third-order valence-electron chi connectivity index (χ3n) is 6.00. The minimum absolute atomic E-state index is 0.147. The second-order valence-electron chi connectivity index (χ2n) is 7.67. The number of benzene rings is 1. The highest BCUT2D eigenvalue weighted by atomic mass is 16.2. The molecule has 2 aromatic heterocycles. The van der Waals surface area contributed by atoms with E-state index in [0.29, 0.717) is 0 Å². The van der Waals surface area contributed by atoms with Crippen LogP contribution in [0.1, 0.15) is 18.2 Å². The Morgan fingerprint density at radius 1 is 0.966 bits per heavy atom. The number of hydrogen-bond donors (Lipinski definition) is 0. The first-order valence-corrected chi connectivity index (χ1v) is 10.1. The zero-order valence-corrected chi connectivity index (χ0v) is 16.6. The molecule has 0 aliphatic carbocycles. The number of nitrogens with zero attached hydrogens (tertiary/aromatic N) is 6. The average molecular weight is 388 g/mol. The maximum Gasteiger partial charge on any atom is 0.219 e. The first kappa shape index (κ1) is 17.8. The molecule has 0 radical (unpaired) electrons.